The van der Waals surface area contributed by atoms with Crippen molar-refractivity contribution in [3.05, 3.63) is 30.2 Å². The number of hydrogen-bond donors (Lipinski definition) is 1. The maximum absolute atomic E-state index is 12.9. The van der Waals surface area contributed by atoms with Crippen molar-refractivity contribution in [3.8, 4) is 0 Å². The van der Waals surface area contributed by atoms with Crippen molar-refractivity contribution in [2.45, 2.75) is 32.5 Å². The summed E-state index contributed by atoms with van der Waals surface area (Å²) >= 11 is 0. The molecule has 0 spiro atoms. The van der Waals surface area contributed by atoms with Crippen LogP contribution in [0.25, 0.3) is 10.9 Å². The van der Waals surface area contributed by atoms with Crippen molar-refractivity contribution in [2.75, 3.05) is 5.32 Å². The SMILES string of the molecule is CC(C)(C)OC(=O)Nc1ccc2ncnc(C(F)(F)F)c2c1. The highest BCUT2D eigenvalue weighted by atomic mass is 19.4. The van der Waals surface area contributed by atoms with Crippen molar-refractivity contribution in [2.24, 2.45) is 0 Å². The lowest BCUT2D eigenvalue weighted by atomic mass is 10.1. The number of carbonyl (C=O) groups excluding carboxylic acids is 1. The van der Waals surface area contributed by atoms with Crippen LogP contribution in [-0.4, -0.2) is 21.7 Å². The van der Waals surface area contributed by atoms with Crippen molar-refractivity contribution in [3.63, 3.8) is 0 Å². The average Bonchev–Trinajstić information content (AvgIpc) is 2.34. The molecule has 0 saturated heterocycles. The zero-order valence-electron chi connectivity index (χ0n) is 12.2. The number of alkyl halides is 3. The third-order valence-electron chi connectivity index (χ3n) is 2.55. The summed E-state index contributed by atoms with van der Waals surface area (Å²) < 4.78 is 43.8. The first-order valence-corrected chi connectivity index (χ1v) is 6.38. The van der Waals surface area contributed by atoms with E-state index >= 15 is 0 Å². The van der Waals surface area contributed by atoms with E-state index in [1.54, 1.807) is 20.8 Å². The number of rotatable bonds is 1. The number of amides is 1. The number of carbonyl (C=O) groups is 1. The van der Waals surface area contributed by atoms with E-state index in [0.717, 1.165) is 6.33 Å². The summed E-state index contributed by atoms with van der Waals surface area (Å²) in [4.78, 5) is 18.7. The number of hydrogen-bond acceptors (Lipinski definition) is 4. The molecule has 0 atom stereocenters. The van der Waals surface area contributed by atoms with Crippen LogP contribution in [0.5, 0.6) is 0 Å². The van der Waals surface area contributed by atoms with E-state index in [4.69, 9.17) is 4.74 Å². The van der Waals surface area contributed by atoms with Gasteiger partial charge in [0, 0.05) is 11.1 Å². The van der Waals surface area contributed by atoms with Gasteiger partial charge in [-0.1, -0.05) is 0 Å². The highest BCUT2D eigenvalue weighted by Gasteiger charge is 2.34. The molecule has 0 fully saturated rings. The second kappa shape index (κ2) is 5.43. The third kappa shape index (κ3) is 3.84. The molecule has 0 bridgehead atoms. The Kier molecular flexibility index (Phi) is 3.95. The lowest BCUT2D eigenvalue weighted by Gasteiger charge is -2.19. The number of benzene rings is 1. The molecule has 5 nitrogen and oxygen atoms in total. The van der Waals surface area contributed by atoms with Crippen LogP contribution in [0.4, 0.5) is 23.7 Å². The Morgan fingerprint density at radius 3 is 2.45 bits per heavy atom. The molecule has 8 heteroatoms. The summed E-state index contributed by atoms with van der Waals surface area (Å²) in [5.41, 5.74) is -1.45. The van der Waals surface area contributed by atoms with Gasteiger partial charge in [-0.05, 0) is 39.0 Å². The van der Waals surface area contributed by atoms with Crippen LogP contribution in [0.2, 0.25) is 0 Å². The van der Waals surface area contributed by atoms with Crippen molar-refractivity contribution >= 4 is 22.7 Å². The second-order valence-electron chi connectivity index (χ2n) is 5.58. The summed E-state index contributed by atoms with van der Waals surface area (Å²) in [5, 5.41) is 2.19. The first-order chi connectivity index (χ1) is 10.1. The van der Waals surface area contributed by atoms with Gasteiger partial charge in [-0.15, -0.1) is 0 Å². The van der Waals surface area contributed by atoms with Gasteiger partial charge in [0.1, 0.15) is 11.9 Å². The molecule has 118 valence electrons. The normalized spacial score (nSPS) is 12.3. The number of ether oxygens (including phenoxy) is 1. The van der Waals surface area contributed by atoms with E-state index in [1.165, 1.54) is 18.2 Å². The summed E-state index contributed by atoms with van der Waals surface area (Å²) in [7, 11) is 0. The summed E-state index contributed by atoms with van der Waals surface area (Å²) in [6.45, 7) is 5.05. The largest absolute Gasteiger partial charge is 0.444 e. The average molecular weight is 313 g/mol. The minimum atomic E-state index is -4.61. The summed E-state index contributed by atoms with van der Waals surface area (Å²) in [6, 6.07) is 3.99. The fourth-order valence-electron chi connectivity index (χ4n) is 1.78. The summed E-state index contributed by atoms with van der Waals surface area (Å²) in [5.74, 6) is 0. The molecule has 0 aliphatic heterocycles. The van der Waals surface area contributed by atoms with Gasteiger partial charge in [-0.25, -0.2) is 14.8 Å². The van der Waals surface area contributed by atoms with Gasteiger partial charge in [0.05, 0.1) is 5.52 Å². The predicted octanol–water partition coefficient (Wildman–Crippen LogP) is 4.00. The number of fused-ring (bicyclic) bond motifs is 1. The molecule has 2 aromatic rings. The fourth-order valence-corrected chi connectivity index (χ4v) is 1.78. The second-order valence-corrected chi connectivity index (χ2v) is 5.58. The van der Waals surface area contributed by atoms with Gasteiger partial charge >= 0.3 is 12.3 Å². The van der Waals surface area contributed by atoms with Crippen LogP contribution in [0.1, 0.15) is 26.5 Å². The van der Waals surface area contributed by atoms with Crippen LogP contribution in [0.15, 0.2) is 24.5 Å². The number of nitrogens with zero attached hydrogens (tertiary/aromatic N) is 2. The van der Waals surface area contributed by atoms with E-state index in [0.29, 0.717) is 0 Å². The number of nitrogens with one attached hydrogen (secondary N) is 1. The molecule has 1 N–H and O–H groups in total. The van der Waals surface area contributed by atoms with Crippen molar-refractivity contribution in [1.29, 1.82) is 0 Å². The van der Waals surface area contributed by atoms with E-state index in [2.05, 4.69) is 15.3 Å². The third-order valence-corrected chi connectivity index (χ3v) is 2.55. The van der Waals surface area contributed by atoms with E-state index in [-0.39, 0.29) is 16.6 Å². The minimum absolute atomic E-state index is 0.136. The molecule has 1 heterocycles. The molecule has 0 aliphatic rings. The highest BCUT2D eigenvalue weighted by Crippen LogP contribution is 2.33. The predicted molar refractivity (Wildman–Crippen MR) is 74.4 cm³/mol. The van der Waals surface area contributed by atoms with E-state index in [9.17, 15) is 18.0 Å². The molecule has 1 aromatic carbocycles. The standard InChI is InChI=1S/C14H14F3N3O2/c1-13(2,3)22-12(21)20-8-4-5-10-9(6-8)11(14(15,16)17)19-7-18-10/h4-7H,1-3H3,(H,20,21). The van der Waals surface area contributed by atoms with Crippen LogP contribution in [-0.2, 0) is 10.9 Å². The van der Waals surface area contributed by atoms with Gasteiger partial charge in [0.25, 0.3) is 0 Å². The summed E-state index contributed by atoms with van der Waals surface area (Å²) in [6.07, 6.45) is -4.50. The maximum Gasteiger partial charge on any atom is 0.434 e. The maximum atomic E-state index is 12.9. The molecular formula is C14H14F3N3O2. The first kappa shape index (κ1) is 16.0. The van der Waals surface area contributed by atoms with Gasteiger partial charge in [-0.2, -0.15) is 13.2 Å². The van der Waals surface area contributed by atoms with Crippen LogP contribution in [0.3, 0.4) is 0 Å². The smallest absolute Gasteiger partial charge is 0.434 e. The Morgan fingerprint density at radius 2 is 1.86 bits per heavy atom. The lowest BCUT2D eigenvalue weighted by molar-refractivity contribution is -0.139. The Morgan fingerprint density at radius 1 is 1.18 bits per heavy atom. The number of anilines is 1. The molecule has 1 aromatic heterocycles. The van der Waals surface area contributed by atoms with Crippen molar-refractivity contribution < 1.29 is 22.7 Å². The molecule has 2 rings (SSSR count). The Labute approximate surface area is 124 Å². The van der Waals surface area contributed by atoms with Gasteiger partial charge in [0.15, 0.2) is 5.69 Å². The first-order valence-electron chi connectivity index (χ1n) is 6.38. The highest BCUT2D eigenvalue weighted by molar-refractivity contribution is 5.90. The molecule has 0 radical (unpaired) electrons. The Bertz CT molecular complexity index is 709. The zero-order chi connectivity index (χ0) is 16.5. The van der Waals surface area contributed by atoms with Gasteiger partial charge in [-0.3, -0.25) is 5.32 Å². The zero-order valence-corrected chi connectivity index (χ0v) is 12.2. The van der Waals surface area contributed by atoms with Crippen LogP contribution < -0.4 is 5.32 Å². The minimum Gasteiger partial charge on any atom is -0.444 e. The van der Waals surface area contributed by atoms with Crippen molar-refractivity contribution in [1.82, 2.24) is 9.97 Å². The quantitative estimate of drug-likeness (QED) is 0.864. The number of halogens is 3. The van der Waals surface area contributed by atoms with Gasteiger partial charge in [0.2, 0.25) is 0 Å². The van der Waals surface area contributed by atoms with Crippen LogP contribution >= 0.6 is 0 Å². The molecule has 22 heavy (non-hydrogen) atoms. The Hall–Kier alpha value is -2.38. The van der Waals surface area contributed by atoms with E-state index < -0.39 is 23.6 Å². The van der Waals surface area contributed by atoms with Crippen LogP contribution in [0, 0.1) is 0 Å². The number of aromatic nitrogens is 2. The molecule has 0 aliphatic carbocycles. The molecule has 0 unspecified atom stereocenters. The Balaban J connectivity index is 2.36. The molecule has 0 saturated carbocycles. The fraction of sp³-hybridized carbons (Fsp3) is 0.357. The van der Waals surface area contributed by atoms with E-state index in [1.807, 2.05) is 0 Å². The monoisotopic (exact) mass is 313 g/mol. The molecule has 1 amide bonds. The topological polar surface area (TPSA) is 64.1 Å². The molecular weight excluding hydrogens is 299 g/mol. The lowest BCUT2D eigenvalue weighted by Crippen LogP contribution is -2.27. The van der Waals surface area contributed by atoms with Gasteiger partial charge < -0.3 is 4.74 Å².